The van der Waals surface area contributed by atoms with E-state index in [-0.39, 0.29) is 29.3 Å². The molecule has 310 valence electrons. The molecular formula is C40H40N4O15. The van der Waals surface area contributed by atoms with E-state index in [0.29, 0.717) is 36.0 Å². The van der Waals surface area contributed by atoms with Crippen molar-refractivity contribution in [3.63, 3.8) is 0 Å². The lowest BCUT2D eigenvalue weighted by atomic mass is 9.63. The van der Waals surface area contributed by atoms with Crippen LogP contribution in [0.1, 0.15) is 23.7 Å². The van der Waals surface area contributed by atoms with Gasteiger partial charge >= 0.3 is 5.97 Å². The molecule has 0 saturated carbocycles. The maximum Gasteiger partial charge on any atom is 0.336 e. The number of aromatic hydroxyl groups is 2. The van der Waals surface area contributed by atoms with Gasteiger partial charge in [0.15, 0.2) is 28.6 Å². The number of hydrogen-bond acceptors (Lipinski definition) is 17. The number of aromatic amines is 1. The minimum Gasteiger partial charge on any atom is -0.508 e. The number of carboxylic acid groups (broad SMARTS) is 1. The molecule has 19 heteroatoms. The summed E-state index contributed by atoms with van der Waals surface area (Å²) in [6, 6.07) is 16.4. The number of phenols is 2. The molecule has 1 aliphatic carbocycles. The third-order valence-corrected chi connectivity index (χ3v) is 10.7. The number of nitrogens with two attached hydrogens (primary N) is 1. The second kappa shape index (κ2) is 15.2. The molecule has 2 bridgehead atoms. The summed E-state index contributed by atoms with van der Waals surface area (Å²) in [6.07, 6.45) is -6.95. The van der Waals surface area contributed by atoms with E-state index in [2.05, 4.69) is 15.6 Å². The van der Waals surface area contributed by atoms with E-state index in [0.717, 1.165) is 18.2 Å². The van der Waals surface area contributed by atoms with Gasteiger partial charge in [-0.1, -0.05) is 18.2 Å². The number of carboxylic acids is 1. The Morgan fingerprint density at radius 3 is 2.49 bits per heavy atom. The first-order valence-corrected chi connectivity index (χ1v) is 18.3. The van der Waals surface area contributed by atoms with Crippen LogP contribution in [0.4, 0.5) is 5.82 Å². The highest BCUT2D eigenvalue weighted by molar-refractivity contribution is 5.89. The van der Waals surface area contributed by atoms with Gasteiger partial charge < -0.3 is 80.3 Å². The first-order valence-electron chi connectivity index (χ1n) is 18.3. The smallest absolute Gasteiger partial charge is 0.336 e. The number of aliphatic hydroxyl groups excluding tert-OH is 3. The molecule has 19 nitrogen and oxygen atoms in total. The minimum atomic E-state index is -2.62. The number of carbonyl (C=O) groups is 1. The van der Waals surface area contributed by atoms with Gasteiger partial charge in [0.2, 0.25) is 18.3 Å². The number of nitrogen functional groups attached to an aromatic ring is 1. The van der Waals surface area contributed by atoms with Gasteiger partial charge in [-0.05, 0) is 54.6 Å². The van der Waals surface area contributed by atoms with Crippen LogP contribution >= 0.6 is 0 Å². The fourth-order valence-corrected chi connectivity index (χ4v) is 7.70. The second-order valence-corrected chi connectivity index (χ2v) is 14.5. The van der Waals surface area contributed by atoms with Crippen LogP contribution in [-0.4, -0.2) is 107 Å². The number of rotatable bonds is 12. The molecule has 5 aromatic rings. The molecule has 9 atom stereocenters. The first kappa shape index (κ1) is 39.7. The number of H-pyrrole nitrogens is 1. The molecule has 3 aliphatic rings. The van der Waals surface area contributed by atoms with Gasteiger partial charge in [0.05, 0.1) is 0 Å². The van der Waals surface area contributed by atoms with E-state index in [9.17, 15) is 50.4 Å². The average Bonchev–Trinajstić information content (AvgIpc) is 3.90. The van der Waals surface area contributed by atoms with E-state index < -0.39 is 88.1 Å². The van der Waals surface area contributed by atoms with Crippen LogP contribution in [0.15, 0.2) is 94.2 Å². The largest absolute Gasteiger partial charge is 0.508 e. The van der Waals surface area contributed by atoms with Crippen LogP contribution in [0, 0.1) is 5.92 Å². The molecule has 0 spiro atoms. The molecule has 2 fully saturated rings. The number of nitrogens with one attached hydrogen (secondary N) is 3. The zero-order valence-electron chi connectivity index (χ0n) is 30.8. The predicted molar refractivity (Wildman–Crippen MR) is 204 cm³/mol. The Labute approximate surface area is 333 Å². The van der Waals surface area contributed by atoms with Crippen molar-refractivity contribution in [3.05, 3.63) is 106 Å². The summed E-state index contributed by atoms with van der Waals surface area (Å²) >= 11 is 0. The fraction of sp³-hybridized carbons (Fsp3) is 0.300. The average molecular weight is 817 g/mol. The molecule has 2 saturated heterocycles. The van der Waals surface area contributed by atoms with Gasteiger partial charge in [0.25, 0.3) is 0 Å². The number of phenolic OH excluding ortho intramolecular Hbond substituents is 2. The van der Waals surface area contributed by atoms with Gasteiger partial charge in [-0.3, -0.25) is 10.1 Å². The summed E-state index contributed by atoms with van der Waals surface area (Å²) < 4.78 is 29.2. The van der Waals surface area contributed by atoms with Crippen molar-refractivity contribution in [3.8, 4) is 40.1 Å². The number of hydrogen-bond donors (Lipinski definition) is 12. The molecule has 3 aromatic carbocycles. The van der Waals surface area contributed by atoms with Gasteiger partial charge in [-0.15, -0.1) is 0 Å². The molecule has 4 heterocycles. The third-order valence-electron chi connectivity index (χ3n) is 10.7. The van der Waals surface area contributed by atoms with E-state index in [4.69, 9.17) is 29.1 Å². The number of fused-ring (bicyclic) bond motifs is 3. The van der Waals surface area contributed by atoms with Crippen molar-refractivity contribution in [2.75, 3.05) is 25.6 Å². The summed E-state index contributed by atoms with van der Waals surface area (Å²) in [5.74, 6) is -4.40. The lowest BCUT2D eigenvalue weighted by molar-refractivity contribution is -0.342. The Hall–Kier alpha value is -6.16. The fourth-order valence-electron chi connectivity index (χ4n) is 7.70. The number of ether oxygens (including phenoxy) is 4. The normalized spacial score (nSPS) is 27.3. The standard InChI is InChI=1S/C40H40N4O15/c41-30-9-8-23(44-30)26(47)16-55-21-6-4-18(5-7-21)27-13-25(46)31-28(56-27)14-29(33(32(31)48)58-36(51)19-2-1-3-20(45)12-19)57-38-39(53)11-10-22(24-15-42-17-43-24)40(54,37(39)52)34(59-38)35(49)50/h1-14,22,24,26,34,36-38,42-45,47-48,51-54H,15-17,41H2,(H,49,50)/t22-,24-,26-,34+,36-,37-,38+,39+,40+/m0/s1. The number of aliphatic hydroxyl groups is 5. The van der Waals surface area contributed by atoms with Gasteiger partial charge in [-0.2, -0.15) is 0 Å². The van der Waals surface area contributed by atoms with Crippen LogP contribution in [-0.2, 0) is 9.53 Å². The topological polar surface area (TPSA) is 312 Å². The van der Waals surface area contributed by atoms with Gasteiger partial charge in [-0.25, -0.2) is 4.79 Å². The van der Waals surface area contributed by atoms with Crippen LogP contribution in [0.25, 0.3) is 22.3 Å². The Kier molecular flexibility index (Phi) is 10.2. The van der Waals surface area contributed by atoms with E-state index in [1.165, 1.54) is 30.3 Å². The Morgan fingerprint density at radius 1 is 1.03 bits per heavy atom. The summed E-state index contributed by atoms with van der Waals surface area (Å²) in [4.78, 5) is 29.2. The summed E-state index contributed by atoms with van der Waals surface area (Å²) in [7, 11) is 0. The molecule has 0 amide bonds. The zero-order valence-corrected chi connectivity index (χ0v) is 30.8. The summed E-state index contributed by atoms with van der Waals surface area (Å²) in [5.41, 5.74) is 0.255. The van der Waals surface area contributed by atoms with Crippen LogP contribution in [0.5, 0.6) is 28.7 Å². The lowest BCUT2D eigenvalue weighted by Crippen LogP contribution is -2.79. The van der Waals surface area contributed by atoms with Crippen molar-refractivity contribution in [1.29, 1.82) is 0 Å². The minimum absolute atomic E-state index is 0.00371. The van der Waals surface area contributed by atoms with Crippen molar-refractivity contribution < 1.29 is 69.0 Å². The SMILES string of the molecule is Nc1ccc([C@@H](O)COc2ccc(-c3cc(=O)c4c(O)c(O[C@H](O)c5cccc(O)c5)c(O[C@@H]5O[C@H](C(=O)O)[C@]6(O)[C@H]([C@@H]7CNCN7)C=C[C@@]5(O)[C@@H]6O)cc4o3)cc2)[nH]1. The van der Waals surface area contributed by atoms with Crippen molar-refractivity contribution in [1.82, 2.24) is 15.6 Å². The highest BCUT2D eigenvalue weighted by Crippen LogP contribution is 2.50. The molecular weight excluding hydrogens is 776 g/mol. The quantitative estimate of drug-likeness (QED) is 0.0608. The monoisotopic (exact) mass is 816 g/mol. The molecule has 0 radical (unpaired) electrons. The lowest BCUT2D eigenvalue weighted by Gasteiger charge is -2.56. The highest BCUT2D eigenvalue weighted by atomic mass is 16.7. The molecule has 8 rings (SSSR count). The van der Waals surface area contributed by atoms with E-state index in [1.54, 1.807) is 36.4 Å². The summed E-state index contributed by atoms with van der Waals surface area (Å²) in [6.45, 7) is 0.534. The molecule has 13 N–H and O–H groups in total. The maximum absolute atomic E-state index is 13.7. The molecule has 2 aromatic heterocycles. The van der Waals surface area contributed by atoms with Crippen molar-refractivity contribution >= 4 is 22.8 Å². The van der Waals surface area contributed by atoms with Gasteiger partial charge in [0.1, 0.15) is 58.5 Å². The van der Waals surface area contributed by atoms with E-state index >= 15 is 0 Å². The maximum atomic E-state index is 13.7. The van der Waals surface area contributed by atoms with Gasteiger partial charge in [0, 0.05) is 54.1 Å². The number of benzene rings is 3. The third kappa shape index (κ3) is 7.08. The highest BCUT2D eigenvalue weighted by Gasteiger charge is 2.70. The van der Waals surface area contributed by atoms with Crippen molar-refractivity contribution in [2.24, 2.45) is 5.92 Å². The van der Waals surface area contributed by atoms with Crippen LogP contribution < -0.4 is 36.0 Å². The molecule has 2 aliphatic heterocycles. The Morgan fingerprint density at radius 2 is 1.81 bits per heavy atom. The summed E-state index contributed by atoms with van der Waals surface area (Å²) in [5, 5.41) is 94.4. The van der Waals surface area contributed by atoms with E-state index in [1.807, 2.05) is 0 Å². The van der Waals surface area contributed by atoms with Crippen LogP contribution in [0.3, 0.4) is 0 Å². The number of aromatic nitrogens is 1. The van der Waals surface area contributed by atoms with Crippen molar-refractivity contribution in [2.45, 2.75) is 48.1 Å². The predicted octanol–water partition coefficient (Wildman–Crippen LogP) is 0.680. The number of anilines is 1. The molecule has 0 unspecified atom stereocenters. The second-order valence-electron chi connectivity index (χ2n) is 14.5. The molecule has 59 heavy (non-hydrogen) atoms. The first-order chi connectivity index (χ1) is 28.2. The van der Waals surface area contributed by atoms with Crippen LogP contribution in [0.2, 0.25) is 0 Å². The zero-order chi connectivity index (χ0) is 41.8. The number of aliphatic carboxylic acids is 1. The Balaban J connectivity index is 1.16. The Bertz CT molecular complexity index is 2470.